The summed E-state index contributed by atoms with van der Waals surface area (Å²) in [5.41, 5.74) is 2.00. The number of hydrogen-bond acceptors (Lipinski definition) is 6. The average molecular weight is 527 g/mol. The summed E-state index contributed by atoms with van der Waals surface area (Å²) in [6.45, 7) is 2.61. The fourth-order valence-electron chi connectivity index (χ4n) is 5.45. The third-order valence-corrected chi connectivity index (χ3v) is 7.57. The molecule has 2 fully saturated rings. The first-order chi connectivity index (χ1) is 19.0. The molecule has 0 N–H and O–H groups in total. The van der Waals surface area contributed by atoms with Gasteiger partial charge in [0.1, 0.15) is 17.0 Å². The van der Waals surface area contributed by atoms with Crippen molar-refractivity contribution in [1.29, 1.82) is 0 Å². The molecule has 202 valence electrons. The number of aromatic nitrogens is 1. The molecule has 0 aliphatic carbocycles. The van der Waals surface area contributed by atoms with Crippen molar-refractivity contribution in [1.82, 2.24) is 19.7 Å². The monoisotopic (exact) mass is 526 g/mol. The summed E-state index contributed by atoms with van der Waals surface area (Å²) in [5.74, 6) is 1.37. The Bertz CT molecular complexity index is 1300. The number of urea groups is 1. The maximum atomic E-state index is 13.9. The Kier molecular flexibility index (Phi) is 7.93. The lowest BCUT2D eigenvalue weighted by atomic mass is 9.85. The van der Waals surface area contributed by atoms with Crippen LogP contribution < -0.4 is 9.47 Å². The fraction of sp³-hybridized carbons (Fsp3) is 0.323. The first-order valence-electron chi connectivity index (χ1n) is 13.2. The topological polar surface area (TPSA) is 75.2 Å². The van der Waals surface area contributed by atoms with Gasteiger partial charge in [0.2, 0.25) is 0 Å². The SMILES string of the molecule is COc1cc(CN2CCC3(CC2)C(=O)N(CC=Cc2ccccc2)C(=O)N3Cc2ccccn2)cc(OC)c1. The average Bonchev–Trinajstić information content (AvgIpc) is 3.16. The van der Waals surface area contributed by atoms with Crippen LogP contribution in [0, 0.1) is 0 Å². The number of carbonyl (C=O) groups excluding carboxylic acids is 2. The van der Waals surface area contributed by atoms with E-state index in [4.69, 9.17) is 9.47 Å². The molecule has 0 radical (unpaired) electrons. The second-order valence-electron chi connectivity index (χ2n) is 9.95. The number of amides is 3. The Morgan fingerprint density at radius 2 is 1.59 bits per heavy atom. The third kappa shape index (κ3) is 5.66. The summed E-state index contributed by atoms with van der Waals surface area (Å²) >= 11 is 0. The van der Waals surface area contributed by atoms with Gasteiger partial charge in [0.25, 0.3) is 5.91 Å². The van der Waals surface area contributed by atoms with E-state index < -0.39 is 5.54 Å². The summed E-state index contributed by atoms with van der Waals surface area (Å²) in [7, 11) is 3.28. The van der Waals surface area contributed by atoms with Crippen LogP contribution >= 0.6 is 0 Å². The molecule has 3 heterocycles. The molecule has 2 aliphatic rings. The van der Waals surface area contributed by atoms with Crippen LogP contribution in [0.25, 0.3) is 6.08 Å². The number of pyridine rings is 1. The smallest absolute Gasteiger partial charge is 0.328 e. The molecule has 39 heavy (non-hydrogen) atoms. The van der Waals surface area contributed by atoms with E-state index in [9.17, 15) is 9.59 Å². The van der Waals surface area contributed by atoms with Crippen LogP contribution in [0.3, 0.4) is 0 Å². The van der Waals surface area contributed by atoms with E-state index in [1.54, 1.807) is 25.3 Å². The Morgan fingerprint density at radius 1 is 0.897 bits per heavy atom. The fourth-order valence-corrected chi connectivity index (χ4v) is 5.45. The predicted octanol–water partition coefficient (Wildman–Crippen LogP) is 4.61. The van der Waals surface area contributed by atoms with E-state index in [2.05, 4.69) is 9.88 Å². The van der Waals surface area contributed by atoms with Crippen molar-refractivity contribution < 1.29 is 19.1 Å². The highest BCUT2D eigenvalue weighted by atomic mass is 16.5. The van der Waals surface area contributed by atoms with Gasteiger partial charge in [-0.15, -0.1) is 0 Å². The van der Waals surface area contributed by atoms with Crippen LogP contribution in [0.4, 0.5) is 4.79 Å². The Morgan fingerprint density at radius 3 is 2.23 bits per heavy atom. The van der Waals surface area contributed by atoms with Crippen molar-refractivity contribution in [3.63, 3.8) is 0 Å². The maximum absolute atomic E-state index is 13.9. The summed E-state index contributed by atoms with van der Waals surface area (Å²) in [6.07, 6.45) is 6.67. The summed E-state index contributed by atoms with van der Waals surface area (Å²) in [4.78, 5) is 37.5. The van der Waals surface area contributed by atoms with Gasteiger partial charge >= 0.3 is 6.03 Å². The summed E-state index contributed by atoms with van der Waals surface area (Å²) in [5, 5.41) is 0. The van der Waals surface area contributed by atoms with E-state index in [1.807, 2.05) is 78.9 Å². The van der Waals surface area contributed by atoms with E-state index in [0.717, 1.165) is 28.3 Å². The largest absolute Gasteiger partial charge is 0.497 e. The minimum absolute atomic E-state index is 0.121. The molecule has 2 aromatic carbocycles. The first kappa shape index (κ1) is 26.4. The molecule has 0 saturated carbocycles. The van der Waals surface area contributed by atoms with Gasteiger partial charge in [-0.25, -0.2) is 4.79 Å². The molecular formula is C31H34N4O4. The molecule has 1 aromatic heterocycles. The molecule has 8 heteroatoms. The van der Waals surface area contributed by atoms with Crippen LogP contribution in [0.2, 0.25) is 0 Å². The van der Waals surface area contributed by atoms with Crippen LogP contribution in [0.1, 0.15) is 29.7 Å². The minimum atomic E-state index is -0.877. The molecule has 3 amide bonds. The van der Waals surface area contributed by atoms with Gasteiger partial charge in [-0.1, -0.05) is 48.6 Å². The normalized spacial score (nSPS) is 17.4. The predicted molar refractivity (Wildman–Crippen MR) is 149 cm³/mol. The summed E-state index contributed by atoms with van der Waals surface area (Å²) in [6, 6.07) is 21.1. The number of nitrogens with zero attached hydrogens (tertiary/aromatic N) is 4. The number of methoxy groups -OCH3 is 2. The van der Waals surface area contributed by atoms with Gasteiger partial charge in [-0.05, 0) is 48.2 Å². The van der Waals surface area contributed by atoms with Crippen LogP contribution in [-0.2, 0) is 17.9 Å². The molecule has 1 spiro atoms. The Hall–Kier alpha value is -4.17. The van der Waals surface area contributed by atoms with E-state index >= 15 is 0 Å². The number of carbonyl (C=O) groups is 2. The molecule has 5 rings (SSSR count). The van der Waals surface area contributed by atoms with Crippen molar-refractivity contribution in [2.24, 2.45) is 0 Å². The number of likely N-dealkylation sites (tertiary alicyclic amines) is 1. The van der Waals surface area contributed by atoms with Gasteiger partial charge in [-0.2, -0.15) is 0 Å². The lowest BCUT2D eigenvalue weighted by Crippen LogP contribution is -2.56. The van der Waals surface area contributed by atoms with Crippen molar-refractivity contribution in [3.8, 4) is 11.5 Å². The van der Waals surface area contributed by atoms with E-state index in [0.29, 0.717) is 39.0 Å². The molecule has 0 atom stereocenters. The zero-order valence-corrected chi connectivity index (χ0v) is 22.5. The van der Waals surface area contributed by atoms with Gasteiger partial charge < -0.3 is 14.4 Å². The van der Waals surface area contributed by atoms with E-state index in [1.165, 1.54) is 4.90 Å². The second kappa shape index (κ2) is 11.7. The van der Waals surface area contributed by atoms with E-state index in [-0.39, 0.29) is 18.5 Å². The highest BCUT2D eigenvalue weighted by molar-refractivity contribution is 6.07. The Balaban J connectivity index is 1.34. The third-order valence-electron chi connectivity index (χ3n) is 7.57. The zero-order chi connectivity index (χ0) is 27.2. The second-order valence-corrected chi connectivity index (χ2v) is 9.95. The number of imide groups is 1. The van der Waals surface area contributed by atoms with Gasteiger partial charge in [0.05, 0.1) is 26.5 Å². The first-order valence-corrected chi connectivity index (χ1v) is 13.2. The standard InChI is InChI=1S/C31H34N4O4/c1-38-27-19-25(20-28(21-27)39-2)22-33-17-13-31(14-18-33)29(36)34(16-8-11-24-9-4-3-5-10-24)30(37)35(31)23-26-12-6-7-15-32-26/h3-12,15,19-21H,13-14,16-18,22-23H2,1-2H3. The molecule has 2 saturated heterocycles. The van der Waals surface area contributed by atoms with Crippen LogP contribution in [0.5, 0.6) is 11.5 Å². The van der Waals surface area contributed by atoms with Gasteiger partial charge in [-0.3, -0.25) is 19.6 Å². The Labute approximate surface area is 229 Å². The molecule has 2 aliphatic heterocycles. The van der Waals surface area contributed by atoms with Crippen molar-refractivity contribution in [3.05, 3.63) is 95.8 Å². The molecule has 0 bridgehead atoms. The number of hydrogen-bond donors (Lipinski definition) is 0. The number of rotatable bonds is 9. The molecular weight excluding hydrogens is 492 g/mol. The van der Waals surface area contributed by atoms with Crippen LogP contribution in [-0.4, -0.2) is 71.0 Å². The van der Waals surface area contributed by atoms with Crippen molar-refractivity contribution in [2.45, 2.75) is 31.5 Å². The maximum Gasteiger partial charge on any atom is 0.328 e. The zero-order valence-electron chi connectivity index (χ0n) is 22.5. The molecule has 8 nitrogen and oxygen atoms in total. The molecule has 3 aromatic rings. The van der Waals surface area contributed by atoms with Crippen LogP contribution in [0.15, 0.2) is 79.0 Å². The van der Waals surface area contributed by atoms with Gasteiger partial charge in [0, 0.05) is 38.4 Å². The molecule has 0 unspecified atom stereocenters. The lowest BCUT2D eigenvalue weighted by molar-refractivity contribution is -0.135. The highest BCUT2D eigenvalue weighted by Crippen LogP contribution is 2.39. The minimum Gasteiger partial charge on any atom is -0.497 e. The number of benzene rings is 2. The van der Waals surface area contributed by atoms with Crippen molar-refractivity contribution in [2.75, 3.05) is 33.9 Å². The summed E-state index contributed by atoms with van der Waals surface area (Å²) < 4.78 is 10.9. The van der Waals surface area contributed by atoms with Gasteiger partial charge in [0.15, 0.2) is 0 Å². The lowest BCUT2D eigenvalue weighted by Gasteiger charge is -2.42. The quantitative estimate of drug-likeness (QED) is 0.379. The number of ether oxygens (including phenoxy) is 2. The van der Waals surface area contributed by atoms with Crippen molar-refractivity contribution >= 4 is 18.0 Å². The highest BCUT2D eigenvalue weighted by Gasteiger charge is 2.57. The number of piperidine rings is 1.